The molecule has 1 aliphatic carbocycles. The third-order valence-corrected chi connectivity index (χ3v) is 2.24. The molecule has 0 heterocycles. The molecule has 0 aromatic carbocycles. The minimum absolute atomic E-state index is 0.0338. The summed E-state index contributed by atoms with van der Waals surface area (Å²) < 4.78 is 4.63. The first-order chi connectivity index (χ1) is 6.27. The molecule has 4 heteroatoms. The van der Waals surface area contributed by atoms with Gasteiger partial charge in [-0.1, -0.05) is 0 Å². The predicted molar refractivity (Wildman–Crippen MR) is 48.2 cm³/mol. The van der Waals surface area contributed by atoms with Gasteiger partial charge in [0.2, 0.25) is 0 Å². The molecule has 1 unspecified atom stereocenters. The van der Waals surface area contributed by atoms with Gasteiger partial charge in [0.15, 0.2) is 0 Å². The van der Waals surface area contributed by atoms with E-state index in [9.17, 15) is 4.79 Å². The fourth-order valence-corrected chi connectivity index (χ4v) is 1.22. The average Bonchev–Trinajstić information content (AvgIpc) is 2.94. The van der Waals surface area contributed by atoms with Crippen molar-refractivity contribution < 1.29 is 14.6 Å². The Labute approximate surface area is 78.3 Å². The summed E-state index contributed by atoms with van der Waals surface area (Å²) in [6.45, 7) is 0.657. The van der Waals surface area contributed by atoms with Crippen molar-refractivity contribution in [2.24, 2.45) is 5.92 Å². The highest BCUT2D eigenvalue weighted by molar-refractivity contribution is 5.72. The molecular formula is C9H17NO3. The number of carbonyl (C=O) groups excluding carboxylic acids is 1. The van der Waals surface area contributed by atoms with Gasteiger partial charge in [0, 0.05) is 19.2 Å². The first kappa shape index (κ1) is 10.5. The number of hydrogen-bond acceptors (Lipinski definition) is 4. The molecule has 0 amide bonds. The Morgan fingerprint density at radius 1 is 1.69 bits per heavy atom. The zero-order valence-electron chi connectivity index (χ0n) is 7.95. The molecule has 1 fully saturated rings. The third kappa shape index (κ3) is 3.74. The molecule has 0 aliphatic heterocycles. The van der Waals surface area contributed by atoms with E-state index in [1.807, 2.05) is 0 Å². The van der Waals surface area contributed by atoms with Crippen molar-refractivity contribution in [1.29, 1.82) is 0 Å². The Morgan fingerprint density at radius 3 is 2.85 bits per heavy atom. The Hall–Kier alpha value is -0.610. The molecule has 0 radical (unpaired) electrons. The predicted octanol–water partition coefficient (Wildman–Crippen LogP) is -0.0900. The monoisotopic (exact) mass is 187 g/mol. The van der Waals surface area contributed by atoms with E-state index in [1.54, 1.807) is 0 Å². The van der Waals surface area contributed by atoms with Crippen molar-refractivity contribution in [1.82, 2.24) is 5.32 Å². The fraction of sp³-hybridized carbons (Fsp3) is 0.889. The van der Waals surface area contributed by atoms with Crippen LogP contribution in [0.2, 0.25) is 0 Å². The number of rotatable bonds is 6. The van der Waals surface area contributed by atoms with Crippen LogP contribution in [0.15, 0.2) is 0 Å². The second-order valence-corrected chi connectivity index (χ2v) is 3.41. The average molecular weight is 187 g/mol. The van der Waals surface area contributed by atoms with Crippen LogP contribution in [0.25, 0.3) is 0 Å². The molecule has 1 aliphatic rings. The maximum Gasteiger partial charge on any atom is 0.310 e. The van der Waals surface area contributed by atoms with Gasteiger partial charge in [-0.25, -0.2) is 0 Å². The van der Waals surface area contributed by atoms with E-state index in [0.717, 1.165) is 0 Å². The lowest BCUT2D eigenvalue weighted by molar-refractivity contribution is -0.145. The number of hydrogen-bond donors (Lipinski definition) is 2. The minimum atomic E-state index is -0.234. The van der Waals surface area contributed by atoms with Crippen LogP contribution >= 0.6 is 0 Å². The van der Waals surface area contributed by atoms with E-state index >= 15 is 0 Å². The van der Waals surface area contributed by atoms with Gasteiger partial charge in [-0.3, -0.25) is 4.79 Å². The molecule has 1 atom stereocenters. The zero-order chi connectivity index (χ0) is 9.68. The number of nitrogens with one attached hydrogen (secondary N) is 1. The lowest BCUT2D eigenvalue weighted by Crippen LogP contribution is -2.31. The summed E-state index contributed by atoms with van der Waals surface area (Å²) in [6.07, 6.45) is 2.88. The summed E-state index contributed by atoms with van der Waals surface area (Å²) in [4.78, 5) is 11.2. The van der Waals surface area contributed by atoms with Crippen molar-refractivity contribution in [3.63, 3.8) is 0 Å². The largest absolute Gasteiger partial charge is 0.469 e. The van der Waals surface area contributed by atoms with E-state index in [-0.39, 0.29) is 18.5 Å². The van der Waals surface area contributed by atoms with Crippen LogP contribution in [-0.2, 0) is 9.53 Å². The van der Waals surface area contributed by atoms with Crippen LogP contribution in [0.3, 0.4) is 0 Å². The Balaban J connectivity index is 2.22. The summed E-state index contributed by atoms with van der Waals surface area (Å²) in [7, 11) is 1.38. The van der Waals surface area contributed by atoms with Crippen molar-refractivity contribution in [2.45, 2.75) is 25.3 Å². The zero-order valence-corrected chi connectivity index (χ0v) is 7.95. The maximum atomic E-state index is 11.2. The van der Waals surface area contributed by atoms with Crippen molar-refractivity contribution >= 4 is 5.97 Å². The van der Waals surface area contributed by atoms with Crippen molar-refractivity contribution in [2.75, 3.05) is 20.3 Å². The Bertz CT molecular complexity index is 168. The van der Waals surface area contributed by atoms with Crippen molar-refractivity contribution in [3.05, 3.63) is 0 Å². The molecule has 0 aromatic heterocycles. The van der Waals surface area contributed by atoms with E-state index in [4.69, 9.17) is 5.11 Å². The molecule has 1 rings (SSSR count). The third-order valence-electron chi connectivity index (χ3n) is 2.24. The first-order valence-electron chi connectivity index (χ1n) is 4.70. The topological polar surface area (TPSA) is 58.6 Å². The van der Waals surface area contributed by atoms with Crippen molar-refractivity contribution in [3.8, 4) is 0 Å². The fourth-order valence-electron chi connectivity index (χ4n) is 1.22. The normalized spacial score (nSPS) is 18.3. The van der Waals surface area contributed by atoms with Gasteiger partial charge in [-0.05, 0) is 19.3 Å². The Kier molecular flexibility index (Phi) is 4.18. The summed E-state index contributed by atoms with van der Waals surface area (Å²) >= 11 is 0. The molecule has 76 valence electrons. The number of methoxy groups -OCH3 is 1. The molecule has 0 spiro atoms. The summed E-state index contributed by atoms with van der Waals surface area (Å²) in [5.74, 6) is -0.433. The lowest BCUT2D eigenvalue weighted by atomic mass is 10.1. The number of ether oxygens (including phenoxy) is 1. The molecule has 2 N–H and O–H groups in total. The van der Waals surface area contributed by atoms with Crippen LogP contribution in [0.4, 0.5) is 0 Å². The van der Waals surface area contributed by atoms with Crippen LogP contribution < -0.4 is 5.32 Å². The highest BCUT2D eigenvalue weighted by Crippen LogP contribution is 2.19. The molecule has 0 saturated heterocycles. The lowest BCUT2D eigenvalue weighted by Gasteiger charge is -2.13. The summed E-state index contributed by atoms with van der Waals surface area (Å²) in [5, 5.41) is 12.0. The molecular weight excluding hydrogens is 170 g/mol. The minimum Gasteiger partial charge on any atom is -0.469 e. The van der Waals surface area contributed by atoms with Crippen LogP contribution in [0, 0.1) is 5.92 Å². The number of aliphatic hydroxyl groups is 1. The second-order valence-electron chi connectivity index (χ2n) is 3.41. The van der Waals surface area contributed by atoms with E-state index in [0.29, 0.717) is 19.0 Å². The van der Waals surface area contributed by atoms with Crippen LogP contribution in [0.1, 0.15) is 19.3 Å². The molecule has 4 nitrogen and oxygen atoms in total. The summed E-state index contributed by atoms with van der Waals surface area (Å²) in [6, 6.07) is 0.589. The highest BCUT2D eigenvalue weighted by Gasteiger charge is 2.24. The Morgan fingerprint density at radius 2 is 2.38 bits per heavy atom. The van der Waals surface area contributed by atoms with Gasteiger partial charge in [0.25, 0.3) is 0 Å². The van der Waals surface area contributed by atoms with E-state index < -0.39 is 0 Å². The highest BCUT2D eigenvalue weighted by atomic mass is 16.5. The number of aliphatic hydroxyl groups excluding tert-OH is 1. The summed E-state index contributed by atoms with van der Waals surface area (Å²) in [5.41, 5.74) is 0. The molecule has 13 heavy (non-hydrogen) atoms. The second kappa shape index (κ2) is 5.19. The van der Waals surface area contributed by atoms with E-state index in [2.05, 4.69) is 10.1 Å². The first-order valence-corrected chi connectivity index (χ1v) is 4.70. The maximum absolute atomic E-state index is 11.2. The van der Waals surface area contributed by atoms with Gasteiger partial charge in [0.05, 0.1) is 13.0 Å². The van der Waals surface area contributed by atoms with Crippen LogP contribution in [0.5, 0.6) is 0 Å². The van der Waals surface area contributed by atoms with Gasteiger partial charge in [-0.2, -0.15) is 0 Å². The molecule has 0 bridgehead atoms. The van der Waals surface area contributed by atoms with E-state index in [1.165, 1.54) is 20.0 Å². The van der Waals surface area contributed by atoms with Gasteiger partial charge in [-0.15, -0.1) is 0 Å². The number of carbonyl (C=O) groups is 1. The van der Waals surface area contributed by atoms with Gasteiger partial charge < -0.3 is 15.2 Å². The smallest absolute Gasteiger partial charge is 0.310 e. The molecule has 1 saturated carbocycles. The standard InChI is InChI=1S/C9H17NO3/c1-13-9(12)7(4-5-11)6-10-8-2-3-8/h7-8,10-11H,2-6H2,1H3. The quantitative estimate of drug-likeness (QED) is 0.571. The number of esters is 1. The van der Waals surface area contributed by atoms with Gasteiger partial charge in [0.1, 0.15) is 0 Å². The van der Waals surface area contributed by atoms with Crippen LogP contribution in [-0.4, -0.2) is 37.4 Å². The SMILES string of the molecule is COC(=O)C(CCO)CNC1CC1. The van der Waals surface area contributed by atoms with Gasteiger partial charge >= 0.3 is 5.97 Å². The molecule has 0 aromatic rings.